The Kier molecular flexibility index (Phi) is 4.91. The lowest BCUT2D eigenvalue weighted by Gasteiger charge is -2.07. The van der Waals surface area contributed by atoms with E-state index in [0.717, 1.165) is 22.4 Å². The molecule has 1 aromatic heterocycles. The van der Waals surface area contributed by atoms with Crippen molar-refractivity contribution in [2.24, 2.45) is 0 Å². The zero-order valence-electron chi connectivity index (χ0n) is 7.50. The van der Waals surface area contributed by atoms with Crippen LogP contribution in [0.5, 0.6) is 0 Å². The normalized spacial score (nSPS) is 13.2. The van der Waals surface area contributed by atoms with E-state index < -0.39 is 6.10 Å². The van der Waals surface area contributed by atoms with Crippen LogP contribution >= 0.6 is 27.7 Å². The Morgan fingerprint density at radius 2 is 2.46 bits per heavy atom. The Morgan fingerprint density at radius 3 is 3.00 bits per heavy atom. The number of aliphatic hydroxyl groups is 1. The van der Waals surface area contributed by atoms with Gasteiger partial charge in [-0.25, -0.2) is 0 Å². The number of rotatable bonds is 5. The van der Waals surface area contributed by atoms with Gasteiger partial charge in [-0.3, -0.25) is 0 Å². The molecule has 1 unspecified atom stereocenters. The third-order valence-corrected chi connectivity index (χ3v) is 3.27. The van der Waals surface area contributed by atoms with Crippen LogP contribution in [0.4, 0.5) is 0 Å². The van der Waals surface area contributed by atoms with Gasteiger partial charge in [0.15, 0.2) is 0 Å². The van der Waals surface area contributed by atoms with E-state index in [1.165, 1.54) is 0 Å². The van der Waals surface area contributed by atoms with Crippen molar-refractivity contribution < 1.29 is 9.52 Å². The number of hydrogen-bond donors (Lipinski definition) is 1. The molecule has 1 heterocycles. The summed E-state index contributed by atoms with van der Waals surface area (Å²) in [4.78, 5) is 0. The Balaban J connectivity index is 2.39. The fourth-order valence-corrected chi connectivity index (χ4v) is 2.16. The molecule has 0 amide bonds. The third-order valence-electron chi connectivity index (χ3n) is 1.69. The smallest absolute Gasteiger partial charge is 0.146 e. The fourth-order valence-electron chi connectivity index (χ4n) is 1.01. The van der Waals surface area contributed by atoms with Crippen molar-refractivity contribution in [1.29, 1.82) is 0 Å². The van der Waals surface area contributed by atoms with Crippen molar-refractivity contribution in [2.45, 2.75) is 19.4 Å². The second-order valence-electron chi connectivity index (χ2n) is 2.63. The van der Waals surface area contributed by atoms with Crippen LogP contribution in [-0.4, -0.2) is 16.6 Å². The maximum Gasteiger partial charge on any atom is 0.146 e. The molecule has 0 spiro atoms. The number of aliphatic hydroxyl groups excluding tert-OH is 1. The first-order valence-corrected chi connectivity index (χ1v) is 6.19. The second kappa shape index (κ2) is 5.73. The van der Waals surface area contributed by atoms with Crippen molar-refractivity contribution in [1.82, 2.24) is 0 Å². The van der Waals surface area contributed by atoms with Gasteiger partial charge in [0.05, 0.1) is 10.7 Å². The van der Waals surface area contributed by atoms with Crippen LogP contribution in [-0.2, 0) is 0 Å². The first-order valence-electron chi connectivity index (χ1n) is 4.24. The minimum atomic E-state index is -0.483. The highest BCUT2D eigenvalue weighted by atomic mass is 79.9. The summed E-state index contributed by atoms with van der Waals surface area (Å²) >= 11 is 5.14. The van der Waals surface area contributed by atoms with Gasteiger partial charge in [0.1, 0.15) is 11.9 Å². The maximum atomic E-state index is 9.68. The van der Waals surface area contributed by atoms with E-state index >= 15 is 0 Å². The summed E-state index contributed by atoms with van der Waals surface area (Å²) < 4.78 is 6.00. The summed E-state index contributed by atoms with van der Waals surface area (Å²) in [6, 6.07) is 1.80. The van der Waals surface area contributed by atoms with Crippen LogP contribution in [0.3, 0.4) is 0 Å². The molecular formula is C9H13BrO2S. The Hall–Kier alpha value is 0.0700. The number of hydrogen-bond acceptors (Lipinski definition) is 3. The van der Waals surface area contributed by atoms with E-state index in [0.29, 0.717) is 5.76 Å². The standard InChI is InChI=1S/C9H13BrO2S/c1-2-13-6-4-8(11)9-7(10)3-5-12-9/h3,5,8,11H,2,4,6H2,1H3. The largest absolute Gasteiger partial charge is 0.465 e. The average Bonchev–Trinajstić information content (AvgIpc) is 2.52. The molecule has 0 saturated carbocycles. The van der Waals surface area contributed by atoms with Crippen molar-refractivity contribution >= 4 is 27.7 Å². The molecule has 0 aliphatic rings. The molecule has 4 heteroatoms. The van der Waals surface area contributed by atoms with E-state index in [4.69, 9.17) is 4.42 Å². The summed E-state index contributed by atoms with van der Waals surface area (Å²) in [5.41, 5.74) is 0. The van der Waals surface area contributed by atoms with Gasteiger partial charge in [0, 0.05) is 0 Å². The first-order chi connectivity index (χ1) is 6.25. The average molecular weight is 265 g/mol. The van der Waals surface area contributed by atoms with E-state index in [1.54, 1.807) is 12.3 Å². The van der Waals surface area contributed by atoms with Crippen LogP contribution in [0.25, 0.3) is 0 Å². The monoisotopic (exact) mass is 264 g/mol. The topological polar surface area (TPSA) is 33.4 Å². The minimum Gasteiger partial charge on any atom is -0.465 e. The van der Waals surface area contributed by atoms with Gasteiger partial charge in [-0.15, -0.1) is 0 Å². The number of thioether (sulfide) groups is 1. The molecule has 0 saturated heterocycles. The van der Waals surface area contributed by atoms with Gasteiger partial charge >= 0.3 is 0 Å². The lowest BCUT2D eigenvalue weighted by Crippen LogP contribution is -1.98. The zero-order chi connectivity index (χ0) is 9.68. The quantitative estimate of drug-likeness (QED) is 0.830. The Morgan fingerprint density at radius 1 is 1.69 bits per heavy atom. The van der Waals surface area contributed by atoms with Gasteiger partial charge in [0.25, 0.3) is 0 Å². The molecule has 0 aromatic carbocycles. The van der Waals surface area contributed by atoms with Crippen molar-refractivity contribution in [3.05, 3.63) is 22.6 Å². The minimum absolute atomic E-state index is 0.483. The molecule has 1 rings (SSSR count). The third kappa shape index (κ3) is 3.37. The van der Waals surface area contributed by atoms with Crippen LogP contribution in [0.2, 0.25) is 0 Å². The highest BCUT2D eigenvalue weighted by Crippen LogP contribution is 2.27. The molecule has 74 valence electrons. The van der Waals surface area contributed by atoms with Gasteiger partial charge in [-0.2, -0.15) is 11.8 Å². The highest BCUT2D eigenvalue weighted by molar-refractivity contribution is 9.10. The van der Waals surface area contributed by atoms with Gasteiger partial charge in [-0.1, -0.05) is 6.92 Å². The van der Waals surface area contributed by atoms with E-state index in [9.17, 15) is 5.11 Å². The van der Waals surface area contributed by atoms with E-state index in [1.807, 2.05) is 11.8 Å². The van der Waals surface area contributed by atoms with E-state index in [2.05, 4.69) is 22.9 Å². The molecule has 0 bridgehead atoms. The predicted octanol–water partition coefficient (Wildman–Crippen LogP) is 3.22. The predicted molar refractivity (Wildman–Crippen MR) is 59.0 cm³/mol. The van der Waals surface area contributed by atoms with Crippen molar-refractivity contribution in [3.8, 4) is 0 Å². The maximum absolute atomic E-state index is 9.68. The Bertz CT molecular complexity index is 250. The van der Waals surface area contributed by atoms with Gasteiger partial charge in [0.2, 0.25) is 0 Å². The van der Waals surface area contributed by atoms with E-state index in [-0.39, 0.29) is 0 Å². The molecule has 1 aromatic rings. The van der Waals surface area contributed by atoms with Gasteiger partial charge in [-0.05, 0) is 39.9 Å². The van der Waals surface area contributed by atoms with Crippen molar-refractivity contribution in [3.63, 3.8) is 0 Å². The van der Waals surface area contributed by atoms with Crippen LogP contribution in [0, 0.1) is 0 Å². The lowest BCUT2D eigenvalue weighted by molar-refractivity contribution is 0.146. The van der Waals surface area contributed by atoms with Crippen LogP contribution < -0.4 is 0 Å². The summed E-state index contributed by atoms with van der Waals surface area (Å²) in [6.45, 7) is 2.11. The molecule has 0 radical (unpaired) electrons. The summed E-state index contributed by atoms with van der Waals surface area (Å²) in [7, 11) is 0. The highest BCUT2D eigenvalue weighted by Gasteiger charge is 2.13. The summed E-state index contributed by atoms with van der Waals surface area (Å²) in [5.74, 6) is 2.69. The summed E-state index contributed by atoms with van der Waals surface area (Å²) in [6.07, 6.45) is 1.84. The fraction of sp³-hybridized carbons (Fsp3) is 0.556. The molecule has 0 fully saturated rings. The second-order valence-corrected chi connectivity index (χ2v) is 4.88. The molecule has 1 atom stereocenters. The molecule has 0 aliphatic carbocycles. The summed E-state index contributed by atoms with van der Waals surface area (Å²) in [5, 5.41) is 9.68. The lowest BCUT2D eigenvalue weighted by atomic mass is 10.2. The molecule has 1 N–H and O–H groups in total. The van der Waals surface area contributed by atoms with Crippen molar-refractivity contribution in [2.75, 3.05) is 11.5 Å². The molecule has 13 heavy (non-hydrogen) atoms. The van der Waals surface area contributed by atoms with Crippen LogP contribution in [0.15, 0.2) is 21.2 Å². The SMILES string of the molecule is CCSCCC(O)c1occc1Br. The zero-order valence-corrected chi connectivity index (χ0v) is 9.90. The molecule has 2 nitrogen and oxygen atoms in total. The van der Waals surface area contributed by atoms with Crippen LogP contribution in [0.1, 0.15) is 25.2 Å². The number of halogens is 1. The number of furan rings is 1. The molecular weight excluding hydrogens is 252 g/mol. The Labute approximate surface area is 90.8 Å². The first kappa shape index (κ1) is 11.1. The van der Waals surface area contributed by atoms with Gasteiger partial charge < -0.3 is 9.52 Å². The molecule has 0 aliphatic heterocycles.